The zero-order chi connectivity index (χ0) is 15.2. The highest BCUT2D eigenvalue weighted by Crippen LogP contribution is 2.39. The van der Waals surface area contributed by atoms with Crippen molar-refractivity contribution < 1.29 is 0 Å². The number of hydrogen-bond donors (Lipinski definition) is 0. The van der Waals surface area contributed by atoms with E-state index in [1.807, 2.05) is 6.20 Å². The van der Waals surface area contributed by atoms with Crippen LogP contribution in [0.5, 0.6) is 0 Å². The molecule has 120 valence electrons. The van der Waals surface area contributed by atoms with Crippen molar-refractivity contribution in [3.8, 4) is 0 Å². The van der Waals surface area contributed by atoms with Gasteiger partial charge in [-0.25, -0.2) is 4.98 Å². The van der Waals surface area contributed by atoms with E-state index in [1.165, 1.54) is 80.4 Å². The molecule has 0 unspecified atom stereocenters. The predicted octanol–water partition coefficient (Wildman–Crippen LogP) is 4.91. The van der Waals surface area contributed by atoms with Crippen LogP contribution >= 0.6 is 0 Å². The van der Waals surface area contributed by atoms with Crippen LogP contribution in [-0.2, 0) is 6.42 Å². The van der Waals surface area contributed by atoms with Crippen LogP contribution in [0.3, 0.4) is 0 Å². The third-order valence-electron chi connectivity index (χ3n) is 6.20. The van der Waals surface area contributed by atoms with Crippen molar-refractivity contribution >= 4 is 11.2 Å². The van der Waals surface area contributed by atoms with Gasteiger partial charge in [-0.3, -0.25) is 9.38 Å². The molecular formula is C20H25N3. The molecule has 2 fully saturated rings. The van der Waals surface area contributed by atoms with Crippen LogP contribution in [0.1, 0.15) is 80.8 Å². The summed E-state index contributed by atoms with van der Waals surface area (Å²) in [6.07, 6.45) is 19.9. The highest BCUT2D eigenvalue weighted by molar-refractivity contribution is 5.71. The lowest BCUT2D eigenvalue weighted by atomic mass is 9.80. The Morgan fingerprint density at radius 1 is 1.04 bits per heavy atom. The second kappa shape index (κ2) is 5.47. The first-order valence-electron chi connectivity index (χ1n) is 9.45. The second-order valence-corrected chi connectivity index (χ2v) is 7.72. The minimum absolute atomic E-state index is 0.666. The summed E-state index contributed by atoms with van der Waals surface area (Å²) in [5, 5.41) is 0. The van der Waals surface area contributed by atoms with Crippen LogP contribution in [0.2, 0.25) is 0 Å². The van der Waals surface area contributed by atoms with Gasteiger partial charge in [0.2, 0.25) is 0 Å². The summed E-state index contributed by atoms with van der Waals surface area (Å²) in [6, 6.07) is 0. The van der Waals surface area contributed by atoms with Crippen LogP contribution in [0.15, 0.2) is 18.5 Å². The van der Waals surface area contributed by atoms with Gasteiger partial charge in [0.15, 0.2) is 5.65 Å². The van der Waals surface area contributed by atoms with E-state index in [4.69, 9.17) is 9.97 Å². The number of fused-ring (bicyclic) bond motifs is 3. The van der Waals surface area contributed by atoms with Crippen LogP contribution in [0.25, 0.3) is 11.2 Å². The SMILES string of the molecule is C1=C(CC2CCC2)c2c(ncc3nc(C4CCCCC4)cn23)C1. The molecule has 3 heteroatoms. The van der Waals surface area contributed by atoms with Gasteiger partial charge in [0.05, 0.1) is 23.3 Å². The zero-order valence-corrected chi connectivity index (χ0v) is 13.8. The van der Waals surface area contributed by atoms with Gasteiger partial charge in [0, 0.05) is 18.5 Å². The monoisotopic (exact) mass is 307 g/mol. The van der Waals surface area contributed by atoms with Gasteiger partial charge >= 0.3 is 0 Å². The van der Waals surface area contributed by atoms with E-state index in [2.05, 4.69) is 16.7 Å². The Morgan fingerprint density at radius 2 is 1.91 bits per heavy atom. The summed E-state index contributed by atoms with van der Waals surface area (Å²) in [4.78, 5) is 9.65. The Balaban J connectivity index is 1.52. The van der Waals surface area contributed by atoms with Gasteiger partial charge in [0.1, 0.15) is 0 Å². The van der Waals surface area contributed by atoms with Crippen molar-refractivity contribution in [3.05, 3.63) is 35.6 Å². The summed E-state index contributed by atoms with van der Waals surface area (Å²) >= 11 is 0. The molecule has 0 radical (unpaired) electrons. The Bertz CT molecular complexity index is 761. The van der Waals surface area contributed by atoms with E-state index in [1.54, 1.807) is 0 Å². The van der Waals surface area contributed by atoms with E-state index in [9.17, 15) is 0 Å². The Labute approximate surface area is 137 Å². The normalized spacial score (nSPS) is 22.2. The predicted molar refractivity (Wildman–Crippen MR) is 92.5 cm³/mol. The molecule has 2 heterocycles. The molecule has 3 aliphatic rings. The fourth-order valence-electron chi connectivity index (χ4n) is 4.61. The average Bonchev–Trinajstić information content (AvgIpc) is 3.15. The molecule has 0 bridgehead atoms. The largest absolute Gasteiger partial charge is 0.297 e. The highest BCUT2D eigenvalue weighted by atomic mass is 15.0. The second-order valence-electron chi connectivity index (χ2n) is 7.72. The van der Waals surface area contributed by atoms with Crippen molar-refractivity contribution in [2.24, 2.45) is 5.92 Å². The van der Waals surface area contributed by atoms with Crippen molar-refractivity contribution in [1.29, 1.82) is 0 Å². The molecule has 3 nitrogen and oxygen atoms in total. The quantitative estimate of drug-likeness (QED) is 0.806. The summed E-state index contributed by atoms with van der Waals surface area (Å²) < 4.78 is 2.35. The fourth-order valence-corrected chi connectivity index (χ4v) is 4.61. The molecule has 5 rings (SSSR count). The summed E-state index contributed by atoms with van der Waals surface area (Å²) in [5.41, 5.74) is 6.49. The smallest absolute Gasteiger partial charge is 0.156 e. The van der Waals surface area contributed by atoms with Crippen molar-refractivity contribution in [1.82, 2.24) is 14.4 Å². The van der Waals surface area contributed by atoms with Gasteiger partial charge in [-0.05, 0) is 30.8 Å². The van der Waals surface area contributed by atoms with Crippen molar-refractivity contribution in [2.75, 3.05) is 0 Å². The van der Waals surface area contributed by atoms with Gasteiger partial charge in [0.25, 0.3) is 0 Å². The first kappa shape index (κ1) is 13.8. The van der Waals surface area contributed by atoms with Gasteiger partial charge in [-0.15, -0.1) is 0 Å². The van der Waals surface area contributed by atoms with Crippen LogP contribution in [0.4, 0.5) is 0 Å². The third kappa shape index (κ3) is 2.32. The lowest BCUT2D eigenvalue weighted by Gasteiger charge is -2.26. The van der Waals surface area contributed by atoms with Crippen LogP contribution < -0.4 is 0 Å². The minimum atomic E-state index is 0.666. The number of allylic oxidation sites excluding steroid dienone is 2. The van der Waals surface area contributed by atoms with Gasteiger partial charge in [-0.1, -0.05) is 44.6 Å². The lowest BCUT2D eigenvalue weighted by Crippen LogP contribution is -2.12. The Hall–Kier alpha value is -1.64. The minimum Gasteiger partial charge on any atom is -0.297 e. The van der Waals surface area contributed by atoms with Crippen LogP contribution in [0, 0.1) is 5.92 Å². The molecule has 0 N–H and O–H groups in total. The van der Waals surface area contributed by atoms with E-state index < -0.39 is 0 Å². The molecule has 0 aromatic carbocycles. The van der Waals surface area contributed by atoms with Crippen LogP contribution in [-0.4, -0.2) is 14.4 Å². The van der Waals surface area contributed by atoms with E-state index in [0.29, 0.717) is 5.92 Å². The standard InChI is InChI=1S/C20H25N3/c1-2-7-15(8-3-1)18-13-23-19(22-18)12-21-17-10-9-16(20(17)23)11-14-5-4-6-14/h9,12-15H,1-8,10-11H2. The molecule has 2 saturated carbocycles. The fraction of sp³-hybridized carbons (Fsp3) is 0.600. The molecule has 2 aromatic rings. The summed E-state index contributed by atoms with van der Waals surface area (Å²) in [6.45, 7) is 0. The zero-order valence-electron chi connectivity index (χ0n) is 13.8. The summed E-state index contributed by atoms with van der Waals surface area (Å²) in [5.74, 6) is 1.57. The molecule has 0 aliphatic heterocycles. The summed E-state index contributed by atoms with van der Waals surface area (Å²) in [7, 11) is 0. The van der Waals surface area contributed by atoms with Gasteiger partial charge in [-0.2, -0.15) is 0 Å². The third-order valence-corrected chi connectivity index (χ3v) is 6.20. The van der Waals surface area contributed by atoms with Crippen molar-refractivity contribution in [2.45, 2.75) is 70.1 Å². The molecule has 0 spiro atoms. The number of hydrogen-bond acceptors (Lipinski definition) is 2. The molecule has 3 aliphatic carbocycles. The lowest BCUT2D eigenvalue weighted by molar-refractivity contribution is 0.323. The number of aromatic nitrogens is 3. The maximum absolute atomic E-state index is 4.93. The Morgan fingerprint density at radius 3 is 2.70 bits per heavy atom. The molecular weight excluding hydrogens is 282 g/mol. The highest BCUT2D eigenvalue weighted by Gasteiger charge is 2.26. The molecule has 23 heavy (non-hydrogen) atoms. The number of imidazole rings is 1. The maximum atomic E-state index is 4.93. The van der Waals surface area contributed by atoms with E-state index >= 15 is 0 Å². The first-order chi connectivity index (χ1) is 11.4. The molecule has 0 amide bonds. The number of rotatable bonds is 3. The van der Waals surface area contributed by atoms with E-state index in [0.717, 1.165) is 18.0 Å². The van der Waals surface area contributed by atoms with E-state index in [-0.39, 0.29) is 0 Å². The first-order valence-corrected chi connectivity index (χ1v) is 9.45. The van der Waals surface area contributed by atoms with Gasteiger partial charge < -0.3 is 0 Å². The molecule has 0 atom stereocenters. The average molecular weight is 307 g/mol. The van der Waals surface area contributed by atoms with Crippen molar-refractivity contribution in [3.63, 3.8) is 0 Å². The Kier molecular flexibility index (Phi) is 3.27. The maximum Gasteiger partial charge on any atom is 0.156 e. The molecule has 0 saturated heterocycles. The topological polar surface area (TPSA) is 30.2 Å². The number of nitrogens with zero attached hydrogens (tertiary/aromatic N) is 3. The molecule has 2 aromatic heterocycles.